The second kappa shape index (κ2) is 7.06. The first-order valence-corrected chi connectivity index (χ1v) is 8.12. The number of amides is 1. The van der Waals surface area contributed by atoms with Crippen molar-refractivity contribution >= 4 is 15.7 Å². The largest absolute Gasteiger partial charge is 0.395 e. The summed E-state index contributed by atoms with van der Waals surface area (Å²) in [5.41, 5.74) is 0. The molecule has 0 bridgehead atoms. The number of hydrogen-bond donors (Lipinski definition) is 2. The van der Waals surface area contributed by atoms with Crippen molar-refractivity contribution in [1.29, 1.82) is 0 Å². The molecule has 0 radical (unpaired) electrons. The fraction of sp³-hybridized carbons (Fsp3) is 0.909. The lowest BCUT2D eigenvalue weighted by Crippen LogP contribution is -2.43. The molecule has 0 aromatic carbocycles. The number of aliphatic hydroxyl groups is 1. The minimum absolute atomic E-state index is 0.0189. The van der Waals surface area contributed by atoms with Crippen LogP contribution in [0.1, 0.15) is 19.8 Å². The van der Waals surface area contributed by atoms with Crippen molar-refractivity contribution in [1.82, 2.24) is 10.2 Å². The molecule has 0 aromatic heterocycles. The lowest BCUT2D eigenvalue weighted by atomic mass is 10.2. The van der Waals surface area contributed by atoms with Gasteiger partial charge in [-0.15, -0.1) is 0 Å². The topological polar surface area (TPSA) is 86.7 Å². The summed E-state index contributed by atoms with van der Waals surface area (Å²) in [6.45, 7) is 3.45. The van der Waals surface area contributed by atoms with Gasteiger partial charge in [0, 0.05) is 12.6 Å². The smallest absolute Gasteiger partial charge is 0.234 e. The maximum Gasteiger partial charge on any atom is 0.234 e. The number of carbonyl (C=O) groups is 1. The predicted octanol–water partition coefficient (Wildman–Crippen LogP) is -1.01. The third-order valence-corrected chi connectivity index (χ3v) is 4.69. The molecule has 0 aromatic rings. The van der Waals surface area contributed by atoms with E-state index in [9.17, 15) is 13.2 Å². The summed E-state index contributed by atoms with van der Waals surface area (Å²) in [7, 11) is -2.96. The van der Waals surface area contributed by atoms with E-state index in [0.29, 0.717) is 13.0 Å². The average molecular weight is 278 g/mol. The number of rotatable bonds is 7. The van der Waals surface area contributed by atoms with Crippen LogP contribution in [0.15, 0.2) is 0 Å². The summed E-state index contributed by atoms with van der Waals surface area (Å²) >= 11 is 0. The Bertz CT molecular complexity index is 363. The minimum Gasteiger partial charge on any atom is -0.395 e. The van der Waals surface area contributed by atoms with Crippen LogP contribution < -0.4 is 5.32 Å². The Balaban J connectivity index is 2.36. The van der Waals surface area contributed by atoms with E-state index in [1.807, 2.05) is 11.8 Å². The molecule has 1 atom stereocenters. The summed E-state index contributed by atoms with van der Waals surface area (Å²) in [6.07, 6.45) is 1.41. The molecule has 18 heavy (non-hydrogen) atoms. The van der Waals surface area contributed by atoms with Crippen molar-refractivity contribution in [3.8, 4) is 0 Å². The summed E-state index contributed by atoms with van der Waals surface area (Å²) in [4.78, 5) is 13.6. The average Bonchev–Trinajstić information content (AvgIpc) is 2.58. The maximum absolute atomic E-state index is 11.7. The predicted molar refractivity (Wildman–Crippen MR) is 69.0 cm³/mol. The first-order valence-electron chi connectivity index (χ1n) is 6.30. The summed E-state index contributed by atoms with van der Waals surface area (Å²) < 4.78 is 22.5. The van der Waals surface area contributed by atoms with Crippen molar-refractivity contribution in [2.45, 2.75) is 25.8 Å². The number of sulfone groups is 1. The van der Waals surface area contributed by atoms with Crippen LogP contribution in [0.4, 0.5) is 0 Å². The highest BCUT2D eigenvalue weighted by Crippen LogP contribution is 2.11. The van der Waals surface area contributed by atoms with E-state index in [1.54, 1.807) is 0 Å². The highest BCUT2D eigenvalue weighted by atomic mass is 32.2. The standard InChI is InChI=1S/C11H22N2O4S/c1-2-4-13(5-6-14)8-11(15)12-10-3-7-18(16,17)9-10/h10,14H,2-9H2,1H3,(H,12,15). The first kappa shape index (κ1) is 15.4. The van der Waals surface area contributed by atoms with Crippen LogP contribution in [0.25, 0.3) is 0 Å². The number of aliphatic hydroxyl groups excluding tert-OH is 1. The minimum atomic E-state index is -2.96. The van der Waals surface area contributed by atoms with E-state index in [1.165, 1.54) is 0 Å². The maximum atomic E-state index is 11.7. The Morgan fingerprint density at radius 2 is 2.17 bits per heavy atom. The second-order valence-corrected chi connectivity index (χ2v) is 6.90. The molecule has 1 heterocycles. The van der Waals surface area contributed by atoms with E-state index < -0.39 is 9.84 Å². The van der Waals surface area contributed by atoms with Crippen LogP contribution in [-0.4, -0.2) is 68.1 Å². The molecule has 1 saturated heterocycles. The van der Waals surface area contributed by atoms with Gasteiger partial charge in [0.15, 0.2) is 9.84 Å². The fourth-order valence-electron chi connectivity index (χ4n) is 2.11. The number of nitrogens with one attached hydrogen (secondary N) is 1. The molecule has 1 rings (SSSR count). The van der Waals surface area contributed by atoms with Crippen molar-refractivity contribution in [3.63, 3.8) is 0 Å². The van der Waals surface area contributed by atoms with Gasteiger partial charge in [-0.25, -0.2) is 8.42 Å². The molecule has 0 saturated carbocycles. The third kappa shape index (κ3) is 5.32. The highest BCUT2D eigenvalue weighted by molar-refractivity contribution is 7.91. The Labute approximate surface area is 108 Å². The molecule has 1 aliphatic heterocycles. The molecule has 1 aliphatic rings. The van der Waals surface area contributed by atoms with E-state index >= 15 is 0 Å². The van der Waals surface area contributed by atoms with Gasteiger partial charge in [0.05, 0.1) is 24.7 Å². The fourth-order valence-corrected chi connectivity index (χ4v) is 3.79. The van der Waals surface area contributed by atoms with Crippen molar-refractivity contribution < 1.29 is 18.3 Å². The molecular formula is C11H22N2O4S. The summed E-state index contributed by atoms with van der Waals surface area (Å²) in [6, 6.07) is -0.250. The molecule has 1 amide bonds. The summed E-state index contributed by atoms with van der Waals surface area (Å²) in [5, 5.41) is 11.6. The van der Waals surface area contributed by atoms with Crippen LogP contribution >= 0.6 is 0 Å². The van der Waals surface area contributed by atoms with Gasteiger partial charge in [-0.2, -0.15) is 0 Å². The van der Waals surface area contributed by atoms with Gasteiger partial charge in [-0.05, 0) is 19.4 Å². The third-order valence-electron chi connectivity index (χ3n) is 2.92. The lowest BCUT2D eigenvalue weighted by Gasteiger charge is -2.21. The van der Waals surface area contributed by atoms with E-state index in [2.05, 4.69) is 5.32 Å². The SMILES string of the molecule is CCCN(CCO)CC(=O)NC1CCS(=O)(=O)C1. The van der Waals surface area contributed by atoms with Gasteiger partial charge in [-0.3, -0.25) is 9.69 Å². The molecule has 7 heteroatoms. The molecule has 0 spiro atoms. The highest BCUT2D eigenvalue weighted by Gasteiger charge is 2.29. The monoisotopic (exact) mass is 278 g/mol. The van der Waals surface area contributed by atoms with E-state index in [0.717, 1.165) is 13.0 Å². The van der Waals surface area contributed by atoms with Crippen molar-refractivity contribution in [2.75, 3.05) is 37.7 Å². The second-order valence-electron chi connectivity index (χ2n) is 4.67. The Morgan fingerprint density at radius 3 is 2.67 bits per heavy atom. The lowest BCUT2D eigenvalue weighted by molar-refractivity contribution is -0.122. The molecule has 1 fully saturated rings. The van der Waals surface area contributed by atoms with Gasteiger partial charge in [0.2, 0.25) is 5.91 Å². The number of nitrogens with zero attached hydrogens (tertiary/aromatic N) is 1. The zero-order valence-corrected chi connectivity index (χ0v) is 11.6. The molecule has 2 N–H and O–H groups in total. The normalized spacial score (nSPS) is 22.3. The van der Waals surface area contributed by atoms with Crippen LogP contribution in [0, 0.1) is 0 Å². The van der Waals surface area contributed by atoms with Crippen LogP contribution in [0.3, 0.4) is 0 Å². The Hall–Kier alpha value is -0.660. The molecule has 106 valence electrons. The van der Waals surface area contributed by atoms with Crippen LogP contribution in [0.2, 0.25) is 0 Å². The first-order chi connectivity index (χ1) is 8.46. The number of carbonyl (C=O) groups excluding carboxylic acids is 1. The Morgan fingerprint density at radius 1 is 1.44 bits per heavy atom. The zero-order chi connectivity index (χ0) is 13.6. The molecule has 6 nitrogen and oxygen atoms in total. The van der Waals surface area contributed by atoms with Gasteiger partial charge in [-0.1, -0.05) is 6.92 Å². The van der Waals surface area contributed by atoms with Crippen molar-refractivity contribution in [2.24, 2.45) is 0 Å². The number of hydrogen-bond acceptors (Lipinski definition) is 5. The van der Waals surface area contributed by atoms with E-state index in [-0.39, 0.29) is 36.6 Å². The van der Waals surface area contributed by atoms with Crippen LogP contribution in [0.5, 0.6) is 0 Å². The van der Waals surface area contributed by atoms with Crippen LogP contribution in [-0.2, 0) is 14.6 Å². The van der Waals surface area contributed by atoms with Crippen molar-refractivity contribution in [3.05, 3.63) is 0 Å². The zero-order valence-electron chi connectivity index (χ0n) is 10.8. The molecule has 0 aliphatic carbocycles. The summed E-state index contributed by atoms with van der Waals surface area (Å²) in [5.74, 6) is 0.0405. The van der Waals surface area contributed by atoms with Gasteiger partial charge in [0.25, 0.3) is 0 Å². The van der Waals surface area contributed by atoms with E-state index in [4.69, 9.17) is 5.11 Å². The van der Waals surface area contributed by atoms with Gasteiger partial charge < -0.3 is 10.4 Å². The quantitative estimate of drug-likeness (QED) is 0.623. The Kier molecular flexibility index (Phi) is 6.04. The molecular weight excluding hydrogens is 256 g/mol. The van der Waals surface area contributed by atoms with Gasteiger partial charge >= 0.3 is 0 Å². The van der Waals surface area contributed by atoms with Gasteiger partial charge in [0.1, 0.15) is 0 Å². The molecule has 1 unspecified atom stereocenters.